The van der Waals surface area contributed by atoms with Gasteiger partial charge < -0.3 is 31.0 Å². The summed E-state index contributed by atoms with van der Waals surface area (Å²) in [7, 11) is 0. The van der Waals surface area contributed by atoms with Crippen molar-refractivity contribution in [3.8, 4) is 11.5 Å². The van der Waals surface area contributed by atoms with Gasteiger partial charge in [0.2, 0.25) is 0 Å². The number of phenolic OH excluding ortho intramolecular Hbond substituents is 2. The molecule has 0 aliphatic carbocycles. The zero-order valence-electron chi connectivity index (χ0n) is 16.8. The van der Waals surface area contributed by atoms with Gasteiger partial charge in [0.05, 0.1) is 24.5 Å². The molecule has 0 radical (unpaired) electrons. The van der Waals surface area contributed by atoms with Gasteiger partial charge in [0.15, 0.2) is 0 Å². The first kappa shape index (κ1) is 20.7. The molecule has 1 aromatic heterocycles. The summed E-state index contributed by atoms with van der Waals surface area (Å²) >= 11 is 0. The molecule has 0 fully saturated rings. The Morgan fingerprint density at radius 2 is 1.90 bits per heavy atom. The molecule has 3 rings (SSSR count). The van der Waals surface area contributed by atoms with E-state index in [1.165, 1.54) is 6.07 Å². The topological polar surface area (TPSA) is 119 Å². The van der Waals surface area contributed by atoms with Gasteiger partial charge in [-0.25, -0.2) is 4.99 Å². The lowest BCUT2D eigenvalue weighted by atomic mass is 9.98. The first-order valence-electron chi connectivity index (χ1n) is 9.67. The number of nitrogens with two attached hydrogens (primary N) is 2. The maximum Gasteiger partial charge on any atom is 0.135 e. The highest BCUT2D eigenvalue weighted by Gasteiger charge is 2.14. The van der Waals surface area contributed by atoms with Gasteiger partial charge in [0, 0.05) is 36.3 Å². The van der Waals surface area contributed by atoms with Crippen molar-refractivity contribution in [2.45, 2.75) is 26.3 Å². The van der Waals surface area contributed by atoms with E-state index >= 15 is 0 Å². The lowest BCUT2D eigenvalue weighted by molar-refractivity contribution is 0.134. The van der Waals surface area contributed by atoms with Crippen molar-refractivity contribution in [1.29, 1.82) is 0 Å². The maximum atomic E-state index is 10.2. The van der Waals surface area contributed by atoms with E-state index in [0.717, 1.165) is 17.4 Å². The van der Waals surface area contributed by atoms with Gasteiger partial charge in [0.1, 0.15) is 17.3 Å². The molecule has 0 amide bonds. The quantitative estimate of drug-likeness (QED) is 0.265. The van der Waals surface area contributed by atoms with Crippen LogP contribution in [-0.2, 0) is 11.3 Å². The Labute approximate surface area is 170 Å². The highest BCUT2D eigenvalue weighted by Crippen LogP contribution is 2.32. The number of nitrogens with zero attached hydrogens (tertiary/aromatic N) is 2. The maximum absolute atomic E-state index is 10.2. The van der Waals surface area contributed by atoms with Crippen LogP contribution >= 0.6 is 0 Å². The lowest BCUT2D eigenvalue weighted by Gasteiger charge is -2.12. The Balaban J connectivity index is 1.86. The molecule has 0 unspecified atom stereocenters. The SMILES string of the molecule is CC(C)c1cc(C(N)=Nc2ccc3c(ccn3CCOCCN)c2)c(O)cc1O. The van der Waals surface area contributed by atoms with Crippen molar-refractivity contribution >= 4 is 22.4 Å². The summed E-state index contributed by atoms with van der Waals surface area (Å²) in [5.41, 5.74) is 14.5. The van der Waals surface area contributed by atoms with Gasteiger partial charge in [-0.05, 0) is 41.8 Å². The molecule has 7 nitrogen and oxygen atoms in total. The average Bonchev–Trinajstić information content (AvgIpc) is 3.07. The number of ether oxygens (including phenoxy) is 1. The minimum absolute atomic E-state index is 0.0484. The Bertz CT molecular complexity index is 1020. The normalized spacial score (nSPS) is 12.2. The molecule has 6 N–H and O–H groups in total. The van der Waals surface area contributed by atoms with Crippen molar-refractivity contribution in [2.75, 3.05) is 19.8 Å². The second kappa shape index (κ2) is 8.98. The summed E-state index contributed by atoms with van der Waals surface area (Å²) in [6, 6.07) is 10.8. The summed E-state index contributed by atoms with van der Waals surface area (Å²) in [6.07, 6.45) is 2.01. The fraction of sp³-hybridized carbons (Fsp3) is 0.318. The van der Waals surface area contributed by atoms with Gasteiger partial charge >= 0.3 is 0 Å². The third-order valence-electron chi connectivity index (χ3n) is 4.79. The van der Waals surface area contributed by atoms with Crippen molar-refractivity contribution in [2.24, 2.45) is 16.5 Å². The minimum atomic E-state index is -0.0992. The summed E-state index contributed by atoms with van der Waals surface area (Å²) in [5.74, 6) is 0.232. The molecule has 0 aliphatic heterocycles. The molecule has 0 saturated heterocycles. The molecule has 154 valence electrons. The van der Waals surface area contributed by atoms with E-state index in [0.29, 0.717) is 36.6 Å². The fourth-order valence-corrected chi connectivity index (χ4v) is 3.26. The molecule has 0 bridgehead atoms. The molecule has 1 heterocycles. The Hall–Kier alpha value is -3.03. The van der Waals surface area contributed by atoms with Crippen LogP contribution in [0.4, 0.5) is 5.69 Å². The van der Waals surface area contributed by atoms with Crippen molar-refractivity contribution in [3.63, 3.8) is 0 Å². The Morgan fingerprint density at radius 1 is 1.10 bits per heavy atom. The van der Waals surface area contributed by atoms with E-state index in [9.17, 15) is 10.2 Å². The molecule has 7 heteroatoms. The van der Waals surface area contributed by atoms with E-state index in [2.05, 4.69) is 9.56 Å². The van der Waals surface area contributed by atoms with Crippen molar-refractivity contribution in [1.82, 2.24) is 4.57 Å². The molecule has 0 aliphatic rings. The monoisotopic (exact) mass is 396 g/mol. The molecular formula is C22H28N4O3. The number of aliphatic imine (C=N–C) groups is 1. The largest absolute Gasteiger partial charge is 0.508 e. The lowest BCUT2D eigenvalue weighted by Crippen LogP contribution is -2.13. The van der Waals surface area contributed by atoms with Crippen LogP contribution in [0.15, 0.2) is 47.6 Å². The number of hydrogen-bond donors (Lipinski definition) is 4. The summed E-state index contributed by atoms with van der Waals surface area (Å²) in [6.45, 7) is 6.34. The molecule has 0 spiro atoms. The van der Waals surface area contributed by atoms with Gasteiger partial charge in [0.25, 0.3) is 0 Å². The molecule has 3 aromatic rings. The van der Waals surface area contributed by atoms with Crippen LogP contribution in [-0.4, -0.2) is 40.4 Å². The number of hydrogen-bond acceptors (Lipinski definition) is 5. The molecule has 29 heavy (non-hydrogen) atoms. The van der Waals surface area contributed by atoms with Gasteiger partial charge in [-0.1, -0.05) is 13.8 Å². The molecular weight excluding hydrogens is 368 g/mol. The van der Waals surface area contributed by atoms with Gasteiger partial charge in [-0.2, -0.15) is 0 Å². The summed E-state index contributed by atoms with van der Waals surface area (Å²) < 4.78 is 7.57. The number of phenols is 2. The molecule has 0 atom stereocenters. The van der Waals surface area contributed by atoms with Gasteiger partial charge in [-0.15, -0.1) is 0 Å². The molecule has 2 aromatic carbocycles. The second-order valence-electron chi connectivity index (χ2n) is 7.23. The number of fused-ring (bicyclic) bond motifs is 1. The third-order valence-corrected chi connectivity index (χ3v) is 4.79. The van der Waals surface area contributed by atoms with E-state index in [4.69, 9.17) is 16.2 Å². The highest BCUT2D eigenvalue weighted by atomic mass is 16.5. The summed E-state index contributed by atoms with van der Waals surface area (Å²) in [4.78, 5) is 4.47. The van der Waals surface area contributed by atoms with Crippen LogP contribution in [0, 0.1) is 0 Å². The predicted octanol–water partition coefficient (Wildman–Crippen LogP) is 3.19. The Morgan fingerprint density at radius 3 is 2.62 bits per heavy atom. The number of amidine groups is 1. The molecule has 0 saturated carbocycles. The zero-order valence-corrected chi connectivity index (χ0v) is 16.8. The standard InChI is InChI=1S/C22H28N4O3/c1-14(2)17-12-18(21(28)13-20(17)27)22(24)25-16-3-4-19-15(11-16)5-7-26(19)8-10-29-9-6-23/h3-5,7,11-14,27-28H,6,8-10,23H2,1-2H3,(H2,24,25). The number of benzene rings is 2. The number of rotatable bonds is 8. The second-order valence-corrected chi connectivity index (χ2v) is 7.23. The first-order valence-corrected chi connectivity index (χ1v) is 9.67. The fourth-order valence-electron chi connectivity index (χ4n) is 3.26. The average molecular weight is 396 g/mol. The van der Waals surface area contributed by atoms with E-state index in [1.54, 1.807) is 6.07 Å². The van der Waals surface area contributed by atoms with Crippen LogP contribution in [0.3, 0.4) is 0 Å². The predicted molar refractivity (Wildman–Crippen MR) is 116 cm³/mol. The minimum Gasteiger partial charge on any atom is -0.508 e. The van der Waals surface area contributed by atoms with E-state index in [-0.39, 0.29) is 23.3 Å². The number of aromatic nitrogens is 1. The van der Waals surface area contributed by atoms with Crippen molar-refractivity contribution in [3.05, 3.63) is 53.7 Å². The van der Waals surface area contributed by atoms with Gasteiger partial charge in [-0.3, -0.25) is 0 Å². The van der Waals surface area contributed by atoms with Crippen molar-refractivity contribution < 1.29 is 14.9 Å². The number of aromatic hydroxyl groups is 2. The van der Waals surface area contributed by atoms with Crippen LogP contribution in [0.5, 0.6) is 11.5 Å². The zero-order chi connectivity index (χ0) is 21.0. The van der Waals surface area contributed by atoms with Crippen LogP contribution < -0.4 is 11.5 Å². The summed E-state index contributed by atoms with van der Waals surface area (Å²) in [5, 5.41) is 21.2. The van der Waals surface area contributed by atoms with E-state index < -0.39 is 0 Å². The highest BCUT2D eigenvalue weighted by molar-refractivity contribution is 6.02. The Kier molecular flexibility index (Phi) is 6.41. The van der Waals surface area contributed by atoms with E-state index in [1.807, 2.05) is 44.3 Å². The smallest absolute Gasteiger partial charge is 0.135 e. The first-order chi connectivity index (χ1) is 13.9. The third kappa shape index (κ3) is 4.70. The van der Waals surface area contributed by atoms with Crippen LogP contribution in [0.1, 0.15) is 30.9 Å². The van der Waals surface area contributed by atoms with Crippen LogP contribution in [0.25, 0.3) is 10.9 Å². The van der Waals surface area contributed by atoms with Crippen LogP contribution in [0.2, 0.25) is 0 Å².